The van der Waals surface area contributed by atoms with Gasteiger partial charge < -0.3 is 5.11 Å². The van der Waals surface area contributed by atoms with Crippen molar-refractivity contribution < 1.29 is 9.90 Å². The quantitative estimate of drug-likeness (QED) is 0.282. The molecule has 1 N–H and O–H groups in total. The summed E-state index contributed by atoms with van der Waals surface area (Å²) in [7, 11) is 0. The van der Waals surface area contributed by atoms with Crippen LogP contribution in [0.5, 0.6) is 0 Å². The molecule has 0 amide bonds. The SMILES string of the molecule is CCCCCCCCCCCCC(Sc1ncccn1)C(=O)O. The molecule has 1 aromatic heterocycles. The van der Waals surface area contributed by atoms with Crippen LogP contribution < -0.4 is 0 Å². The first-order chi connectivity index (χ1) is 11.2. The van der Waals surface area contributed by atoms with Crippen LogP contribution in [0.4, 0.5) is 0 Å². The van der Waals surface area contributed by atoms with Gasteiger partial charge in [-0.15, -0.1) is 0 Å². The number of hydrogen-bond donors (Lipinski definition) is 1. The molecule has 1 rings (SSSR count). The summed E-state index contributed by atoms with van der Waals surface area (Å²) in [4.78, 5) is 19.5. The van der Waals surface area contributed by atoms with Crippen LogP contribution in [0.2, 0.25) is 0 Å². The van der Waals surface area contributed by atoms with Gasteiger partial charge in [-0.05, 0) is 12.5 Å². The Kier molecular flexibility index (Phi) is 11.6. The lowest BCUT2D eigenvalue weighted by Gasteiger charge is -2.10. The van der Waals surface area contributed by atoms with Gasteiger partial charge >= 0.3 is 5.97 Å². The molecular formula is C18H30N2O2S. The van der Waals surface area contributed by atoms with Crippen molar-refractivity contribution in [2.24, 2.45) is 0 Å². The van der Waals surface area contributed by atoms with Crippen molar-refractivity contribution >= 4 is 17.7 Å². The third-order valence-corrected chi connectivity index (χ3v) is 5.03. The van der Waals surface area contributed by atoms with Crippen molar-refractivity contribution in [1.82, 2.24) is 9.97 Å². The lowest BCUT2D eigenvalue weighted by atomic mass is 10.1. The number of rotatable bonds is 14. The maximum atomic E-state index is 11.3. The van der Waals surface area contributed by atoms with Gasteiger partial charge in [0.15, 0.2) is 5.16 Å². The largest absolute Gasteiger partial charge is 0.480 e. The van der Waals surface area contributed by atoms with Crippen molar-refractivity contribution in [3.63, 3.8) is 0 Å². The van der Waals surface area contributed by atoms with Crippen molar-refractivity contribution in [1.29, 1.82) is 0 Å². The monoisotopic (exact) mass is 338 g/mol. The smallest absolute Gasteiger partial charge is 0.317 e. The highest BCUT2D eigenvalue weighted by molar-refractivity contribution is 8.00. The van der Waals surface area contributed by atoms with E-state index in [2.05, 4.69) is 16.9 Å². The van der Waals surface area contributed by atoms with Crippen LogP contribution in [0.3, 0.4) is 0 Å². The first kappa shape index (κ1) is 19.9. The number of unbranched alkanes of at least 4 members (excludes halogenated alkanes) is 9. The average molecular weight is 339 g/mol. The topological polar surface area (TPSA) is 63.1 Å². The van der Waals surface area contributed by atoms with Crippen molar-refractivity contribution in [2.45, 2.75) is 88.0 Å². The van der Waals surface area contributed by atoms with Crippen molar-refractivity contribution in [2.75, 3.05) is 0 Å². The van der Waals surface area contributed by atoms with Crippen LogP contribution in [0.1, 0.15) is 77.6 Å². The molecule has 0 aliphatic heterocycles. The molecule has 4 nitrogen and oxygen atoms in total. The number of carboxylic acid groups (broad SMARTS) is 1. The second kappa shape index (κ2) is 13.3. The molecule has 0 saturated carbocycles. The fourth-order valence-corrected chi connectivity index (χ4v) is 3.41. The minimum absolute atomic E-state index is 0.438. The van der Waals surface area contributed by atoms with Gasteiger partial charge in [0.2, 0.25) is 0 Å². The molecular weight excluding hydrogens is 308 g/mol. The van der Waals surface area contributed by atoms with Crippen molar-refractivity contribution in [3.05, 3.63) is 18.5 Å². The lowest BCUT2D eigenvalue weighted by Crippen LogP contribution is -2.16. The molecule has 1 heterocycles. The summed E-state index contributed by atoms with van der Waals surface area (Å²) < 4.78 is 0. The van der Waals surface area contributed by atoms with E-state index in [4.69, 9.17) is 0 Å². The van der Waals surface area contributed by atoms with Crippen molar-refractivity contribution in [3.8, 4) is 0 Å². The van der Waals surface area contributed by atoms with Gasteiger partial charge in [0.05, 0.1) is 0 Å². The summed E-state index contributed by atoms with van der Waals surface area (Å²) in [5.74, 6) is -0.765. The van der Waals surface area contributed by atoms with E-state index >= 15 is 0 Å². The first-order valence-electron chi connectivity index (χ1n) is 8.90. The molecule has 0 aromatic carbocycles. The number of aliphatic carboxylic acids is 1. The van der Waals surface area contributed by atoms with E-state index in [1.807, 2.05) is 0 Å². The predicted octanol–water partition coefficient (Wildman–Crippen LogP) is 5.33. The Morgan fingerprint density at radius 3 is 2.04 bits per heavy atom. The molecule has 23 heavy (non-hydrogen) atoms. The number of thioether (sulfide) groups is 1. The fraction of sp³-hybridized carbons (Fsp3) is 0.722. The van der Waals surface area contributed by atoms with Crippen LogP contribution in [-0.2, 0) is 4.79 Å². The third kappa shape index (κ3) is 10.3. The van der Waals surface area contributed by atoms with Gasteiger partial charge in [-0.2, -0.15) is 0 Å². The molecule has 0 fully saturated rings. The molecule has 0 aliphatic carbocycles. The van der Waals surface area contributed by atoms with E-state index in [1.165, 1.54) is 63.1 Å². The Bertz CT molecular complexity index is 415. The maximum Gasteiger partial charge on any atom is 0.317 e. The fourth-order valence-electron chi connectivity index (χ4n) is 2.52. The molecule has 0 saturated heterocycles. The molecule has 1 unspecified atom stereocenters. The van der Waals surface area contributed by atoms with Gasteiger partial charge in [-0.1, -0.05) is 82.9 Å². The second-order valence-electron chi connectivity index (χ2n) is 5.95. The summed E-state index contributed by atoms with van der Waals surface area (Å²) >= 11 is 1.25. The second-order valence-corrected chi connectivity index (χ2v) is 7.12. The Hall–Kier alpha value is -1.10. The normalized spacial score (nSPS) is 12.2. The predicted molar refractivity (Wildman–Crippen MR) is 95.8 cm³/mol. The zero-order valence-electron chi connectivity index (χ0n) is 14.2. The van der Waals surface area contributed by atoms with E-state index in [1.54, 1.807) is 18.5 Å². The summed E-state index contributed by atoms with van der Waals surface area (Å²) in [6.07, 6.45) is 16.6. The highest BCUT2D eigenvalue weighted by Crippen LogP contribution is 2.24. The summed E-state index contributed by atoms with van der Waals surface area (Å²) in [6, 6.07) is 1.74. The highest BCUT2D eigenvalue weighted by Gasteiger charge is 2.19. The summed E-state index contributed by atoms with van der Waals surface area (Å²) in [5.41, 5.74) is 0. The Labute approximate surface area is 144 Å². The molecule has 130 valence electrons. The zero-order chi connectivity index (χ0) is 16.8. The summed E-state index contributed by atoms with van der Waals surface area (Å²) in [5, 5.41) is 9.41. The maximum absolute atomic E-state index is 11.3. The zero-order valence-corrected chi connectivity index (χ0v) is 15.1. The van der Waals surface area contributed by atoms with Gasteiger partial charge in [0.1, 0.15) is 5.25 Å². The number of aromatic nitrogens is 2. The van der Waals surface area contributed by atoms with Crippen LogP contribution in [0, 0.1) is 0 Å². The minimum Gasteiger partial charge on any atom is -0.480 e. The number of nitrogens with zero attached hydrogens (tertiary/aromatic N) is 2. The van der Waals surface area contributed by atoms with E-state index in [0.717, 1.165) is 12.8 Å². The molecule has 0 spiro atoms. The minimum atomic E-state index is -0.765. The molecule has 1 aromatic rings. The number of carbonyl (C=O) groups is 1. The van der Waals surface area contributed by atoms with Crippen LogP contribution in [0.25, 0.3) is 0 Å². The van der Waals surface area contributed by atoms with E-state index in [0.29, 0.717) is 11.6 Å². The first-order valence-corrected chi connectivity index (χ1v) is 9.78. The molecule has 5 heteroatoms. The Morgan fingerprint density at radius 2 is 1.52 bits per heavy atom. The van der Waals surface area contributed by atoms with Gasteiger partial charge in [0, 0.05) is 12.4 Å². The summed E-state index contributed by atoms with van der Waals surface area (Å²) in [6.45, 7) is 2.24. The van der Waals surface area contributed by atoms with Crippen LogP contribution in [0.15, 0.2) is 23.6 Å². The van der Waals surface area contributed by atoms with Gasteiger partial charge in [-0.25, -0.2) is 9.97 Å². The van der Waals surface area contributed by atoms with Gasteiger partial charge in [0.25, 0.3) is 0 Å². The molecule has 0 bridgehead atoms. The van der Waals surface area contributed by atoms with E-state index in [9.17, 15) is 9.90 Å². The average Bonchev–Trinajstić information content (AvgIpc) is 2.56. The Balaban J connectivity index is 2.06. The van der Waals surface area contributed by atoms with Crippen LogP contribution in [-0.4, -0.2) is 26.3 Å². The van der Waals surface area contributed by atoms with E-state index < -0.39 is 11.2 Å². The standard InChI is InChI=1S/C18H30N2O2S/c1-2-3-4-5-6-7-8-9-10-11-13-16(17(21)22)23-18-19-14-12-15-20-18/h12,14-16H,2-11,13H2,1H3,(H,21,22). The Morgan fingerprint density at radius 1 is 1.00 bits per heavy atom. The molecule has 1 atom stereocenters. The van der Waals surface area contributed by atoms with E-state index in [-0.39, 0.29) is 0 Å². The molecule has 0 aliphatic rings. The number of carboxylic acids is 1. The highest BCUT2D eigenvalue weighted by atomic mass is 32.2. The van der Waals surface area contributed by atoms with Gasteiger partial charge in [-0.3, -0.25) is 4.79 Å². The van der Waals surface area contributed by atoms with Crippen LogP contribution >= 0.6 is 11.8 Å². The third-order valence-electron chi connectivity index (χ3n) is 3.89. The number of hydrogen-bond acceptors (Lipinski definition) is 4. The molecule has 0 radical (unpaired) electrons. The lowest BCUT2D eigenvalue weighted by molar-refractivity contribution is -0.136.